The van der Waals surface area contributed by atoms with E-state index in [4.69, 9.17) is 5.26 Å². The fraction of sp³-hybridized carbons (Fsp3) is 0.0667. The Morgan fingerprint density at radius 1 is 1.17 bits per heavy atom. The van der Waals surface area contributed by atoms with Crippen LogP contribution in [0.5, 0.6) is 0 Å². The second-order valence-corrected chi connectivity index (χ2v) is 4.11. The van der Waals surface area contributed by atoms with Gasteiger partial charge in [0.25, 0.3) is 0 Å². The van der Waals surface area contributed by atoms with Gasteiger partial charge < -0.3 is 4.98 Å². The molecule has 0 aliphatic rings. The van der Waals surface area contributed by atoms with E-state index in [1.807, 2.05) is 48.7 Å². The molecule has 0 spiro atoms. The van der Waals surface area contributed by atoms with Crippen molar-refractivity contribution in [2.45, 2.75) is 6.42 Å². The van der Waals surface area contributed by atoms with Gasteiger partial charge in [0, 0.05) is 17.1 Å². The number of pyridine rings is 1. The molecule has 3 heteroatoms. The van der Waals surface area contributed by atoms with Crippen LogP contribution in [0.25, 0.3) is 22.3 Å². The van der Waals surface area contributed by atoms with Crippen LogP contribution in [-0.2, 0) is 6.42 Å². The van der Waals surface area contributed by atoms with Crippen LogP contribution in [0.2, 0.25) is 0 Å². The van der Waals surface area contributed by atoms with Gasteiger partial charge in [-0.2, -0.15) is 5.26 Å². The van der Waals surface area contributed by atoms with E-state index < -0.39 is 0 Å². The number of benzene rings is 1. The van der Waals surface area contributed by atoms with Gasteiger partial charge in [0.1, 0.15) is 5.65 Å². The lowest BCUT2D eigenvalue weighted by atomic mass is 10.1. The summed E-state index contributed by atoms with van der Waals surface area (Å²) in [6.07, 6.45) is 2.25. The molecule has 0 fully saturated rings. The van der Waals surface area contributed by atoms with Gasteiger partial charge in [-0.05, 0) is 17.7 Å². The summed E-state index contributed by atoms with van der Waals surface area (Å²) in [5, 5.41) is 9.92. The van der Waals surface area contributed by atoms with Crippen molar-refractivity contribution in [3.63, 3.8) is 0 Å². The van der Waals surface area contributed by atoms with E-state index >= 15 is 0 Å². The predicted octanol–water partition coefficient (Wildman–Crippen LogP) is 3.30. The minimum absolute atomic E-state index is 0.400. The molecule has 0 amide bonds. The minimum atomic E-state index is 0.400. The molecule has 18 heavy (non-hydrogen) atoms. The van der Waals surface area contributed by atoms with E-state index in [-0.39, 0.29) is 0 Å². The van der Waals surface area contributed by atoms with Crippen molar-refractivity contribution in [1.29, 1.82) is 5.26 Å². The Bertz CT molecular complexity index is 720. The molecule has 0 radical (unpaired) electrons. The maximum atomic E-state index is 8.90. The summed E-state index contributed by atoms with van der Waals surface area (Å²) in [4.78, 5) is 7.69. The SMILES string of the molecule is N#CCc1cc(-c2ccccc2)nc2[nH]ccc12. The molecular weight excluding hydrogens is 222 g/mol. The Morgan fingerprint density at radius 2 is 2.00 bits per heavy atom. The second kappa shape index (κ2) is 4.34. The number of rotatable bonds is 2. The summed E-state index contributed by atoms with van der Waals surface area (Å²) in [5.41, 5.74) is 3.81. The maximum Gasteiger partial charge on any atom is 0.138 e. The van der Waals surface area contributed by atoms with Crippen molar-refractivity contribution in [2.75, 3.05) is 0 Å². The quantitative estimate of drug-likeness (QED) is 0.738. The van der Waals surface area contributed by atoms with Crippen LogP contribution in [0.1, 0.15) is 5.56 Å². The van der Waals surface area contributed by atoms with Gasteiger partial charge >= 0.3 is 0 Å². The third-order valence-electron chi connectivity index (χ3n) is 2.95. The molecule has 0 unspecified atom stereocenters. The number of hydrogen-bond donors (Lipinski definition) is 1. The van der Waals surface area contributed by atoms with E-state index in [1.165, 1.54) is 0 Å². The van der Waals surface area contributed by atoms with E-state index in [0.717, 1.165) is 27.9 Å². The first-order valence-corrected chi connectivity index (χ1v) is 5.78. The van der Waals surface area contributed by atoms with E-state index in [9.17, 15) is 0 Å². The largest absolute Gasteiger partial charge is 0.346 e. The van der Waals surface area contributed by atoms with Crippen molar-refractivity contribution >= 4 is 11.0 Å². The van der Waals surface area contributed by atoms with Gasteiger partial charge in [0.2, 0.25) is 0 Å². The van der Waals surface area contributed by atoms with Crippen LogP contribution in [0.3, 0.4) is 0 Å². The van der Waals surface area contributed by atoms with Crippen LogP contribution in [-0.4, -0.2) is 9.97 Å². The molecule has 1 aromatic carbocycles. The highest BCUT2D eigenvalue weighted by atomic mass is 14.8. The zero-order valence-electron chi connectivity index (χ0n) is 9.72. The van der Waals surface area contributed by atoms with Gasteiger partial charge in [-0.3, -0.25) is 0 Å². The monoisotopic (exact) mass is 233 g/mol. The molecule has 0 bridgehead atoms. The number of H-pyrrole nitrogens is 1. The molecule has 3 rings (SSSR count). The molecule has 0 atom stereocenters. The summed E-state index contributed by atoms with van der Waals surface area (Å²) >= 11 is 0. The first-order valence-electron chi connectivity index (χ1n) is 5.78. The maximum absolute atomic E-state index is 8.90. The molecule has 0 saturated carbocycles. The van der Waals surface area contributed by atoms with Crippen molar-refractivity contribution in [3.05, 3.63) is 54.2 Å². The van der Waals surface area contributed by atoms with Crippen molar-refractivity contribution in [2.24, 2.45) is 0 Å². The molecule has 0 aliphatic carbocycles. The predicted molar refractivity (Wildman–Crippen MR) is 70.8 cm³/mol. The first kappa shape index (κ1) is 10.5. The zero-order chi connectivity index (χ0) is 12.4. The highest BCUT2D eigenvalue weighted by Crippen LogP contribution is 2.24. The van der Waals surface area contributed by atoms with Crippen LogP contribution in [0.4, 0.5) is 0 Å². The van der Waals surface area contributed by atoms with Gasteiger partial charge in [-0.1, -0.05) is 30.3 Å². The summed E-state index contributed by atoms with van der Waals surface area (Å²) in [7, 11) is 0. The standard InChI is InChI=1S/C15H11N3/c16-8-6-12-10-14(11-4-2-1-3-5-11)18-15-13(12)7-9-17-15/h1-5,7,9-10H,6H2,(H,17,18). The van der Waals surface area contributed by atoms with Gasteiger partial charge in [0.05, 0.1) is 18.2 Å². The number of nitrogens with zero attached hydrogens (tertiary/aromatic N) is 2. The summed E-state index contributed by atoms with van der Waals surface area (Å²) < 4.78 is 0. The van der Waals surface area contributed by atoms with Crippen LogP contribution in [0.15, 0.2) is 48.7 Å². The molecule has 3 nitrogen and oxygen atoms in total. The lowest BCUT2D eigenvalue weighted by Crippen LogP contribution is -1.90. The topological polar surface area (TPSA) is 52.5 Å². The summed E-state index contributed by atoms with van der Waals surface area (Å²) in [6.45, 7) is 0. The number of nitriles is 1. The van der Waals surface area contributed by atoms with Crippen LogP contribution >= 0.6 is 0 Å². The van der Waals surface area contributed by atoms with E-state index in [0.29, 0.717) is 6.42 Å². The number of hydrogen-bond acceptors (Lipinski definition) is 2. The Hall–Kier alpha value is -2.60. The van der Waals surface area contributed by atoms with E-state index in [1.54, 1.807) is 0 Å². The van der Waals surface area contributed by atoms with Crippen molar-refractivity contribution < 1.29 is 0 Å². The molecule has 0 aliphatic heterocycles. The third-order valence-corrected chi connectivity index (χ3v) is 2.95. The summed E-state index contributed by atoms with van der Waals surface area (Å²) in [6, 6.07) is 16.2. The Morgan fingerprint density at radius 3 is 2.78 bits per heavy atom. The number of aromatic amines is 1. The lowest BCUT2D eigenvalue weighted by Gasteiger charge is -2.04. The molecular formula is C15H11N3. The average molecular weight is 233 g/mol. The van der Waals surface area contributed by atoms with E-state index in [2.05, 4.69) is 16.0 Å². The number of aromatic nitrogens is 2. The van der Waals surface area contributed by atoms with Crippen molar-refractivity contribution in [3.8, 4) is 17.3 Å². The normalized spacial score (nSPS) is 10.4. The van der Waals surface area contributed by atoms with Crippen LogP contribution in [0, 0.1) is 11.3 Å². The van der Waals surface area contributed by atoms with Crippen LogP contribution < -0.4 is 0 Å². The lowest BCUT2D eigenvalue weighted by molar-refractivity contribution is 1.25. The third kappa shape index (κ3) is 1.74. The number of fused-ring (bicyclic) bond motifs is 1. The molecule has 3 aromatic rings. The fourth-order valence-electron chi connectivity index (χ4n) is 2.10. The molecule has 2 aromatic heterocycles. The fourth-order valence-corrected chi connectivity index (χ4v) is 2.10. The van der Waals surface area contributed by atoms with Gasteiger partial charge in [-0.25, -0.2) is 4.98 Å². The summed E-state index contributed by atoms with van der Waals surface area (Å²) in [5.74, 6) is 0. The highest BCUT2D eigenvalue weighted by molar-refractivity contribution is 5.83. The van der Waals surface area contributed by atoms with Gasteiger partial charge in [0.15, 0.2) is 0 Å². The molecule has 1 N–H and O–H groups in total. The first-order chi connectivity index (χ1) is 8.88. The minimum Gasteiger partial charge on any atom is -0.346 e. The second-order valence-electron chi connectivity index (χ2n) is 4.11. The average Bonchev–Trinajstić information content (AvgIpc) is 2.88. The smallest absolute Gasteiger partial charge is 0.138 e. The zero-order valence-corrected chi connectivity index (χ0v) is 9.72. The highest BCUT2D eigenvalue weighted by Gasteiger charge is 2.07. The Labute approximate surface area is 105 Å². The van der Waals surface area contributed by atoms with Gasteiger partial charge in [-0.15, -0.1) is 0 Å². The van der Waals surface area contributed by atoms with Crippen molar-refractivity contribution in [1.82, 2.24) is 9.97 Å². The Kier molecular flexibility index (Phi) is 2.54. The molecule has 2 heterocycles. The Balaban J connectivity index is 2.22. The molecule has 0 saturated heterocycles. The molecule has 86 valence electrons. The number of nitrogens with one attached hydrogen (secondary N) is 1.